The third kappa shape index (κ3) is 3.56. The van der Waals surface area contributed by atoms with Crippen LogP contribution < -0.4 is 4.90 Å². The number of pyridine rings is 1. The normalized spacial score (nSPS) is 23.3. The van der Waals surface area contributed by atoms with Gasteiger partial charge in [-0.25, -0.2) is 9.67 Å². The highest BCUT2D eigenvalue weighted by Gasteiger charge is 2.36. The molecule has 4 rings (SSSR count). The second-order valence-electron chi connectivity index (χ2n) is 7.95. The Morgan fingerprint density at radius 2 is 2.17 bits per heavy atom. The summed E-state index contributed by atoms with van der Waals surface area (Å²) in [7, 11) is 3.44. The van der Waals surface area contributed by atoms with E-state index in [4.69, 9.17) is 21.1 Å². The van der Waals surface area contributed by atoms with E-state index in [1.807, 2.05) is 23.0 Å². The molecule has 0 bridgehead atoms. The third-order valence-corrected chi connectivity index (χ3v) is 6.25. The van der Waals surface area contributed by atoms with Gasteiger partial charge in [0.1, 0.15) is 0 Å². The number of anilines is 1. The standard InChI is InChI=1S/C21H28ClN5O2/c1-5-15(13-28-3)27-17-8-9-23-20(18(17)24-25-27)26-10-6-7-14-11-21(2,29-4)12-16(22)19(14)26/h8-9,12,15H,5-7,10-11,13H2,1-4H3. The lowest BCUT2D eigenvalue weighted by Gasteiger charge is -2.39. The van der Waals surface area contributed by atoms with Gasteiger partial charge in [0, 0.05) is 33.4 Å². The van der Waals surface area contributed by atoms with Crippen LogP contribution in [0.5, 0.6) is 0 Å². The number of fused-ring (bicyclic) bond motifs is 1. The predicted molar refractivity (Wildman–Crippen MR) is 114 cm³/mol. The van der Waals surface area contributed by atoms with Gasteiger partial charge in [-0.05, 0) is 43.9 Å². The average molecular weight is 418 g/mol. The van der Waals surface area contributed by atoms with Crippen LogP contribution >= 0.6 is 11.6 Å². The van der Waals surface area contributed by atoms with Gasteiger partial charge in [-0.1, -0.05) is 23.7 Å². The van der Waals surface area contributed by atoms with Crippen molar-refractivity contribution in [3.05, 3.63) is 34.6 Å². The number of allylic oxidation sites excluding steroid dienone is 1. The minimum Gasteiger partial charge on any atom is -0.382 e. The van der Waals surface area contributed by atoms with Crippen LogP contribution in [0.1, 0.15) is 45.6 Å². The number of nitrogens with zero attached hydrogens (tertiary/aromatic N) is 5. The lowest BCUT2D eigenvalue weighted by atomic mass is 9.85. The zero-order chi connectivity index (χ0) is 20.6. The first-order chi connectivity index (χ1) is 14.0. The maximum atomic E-state index is 6.76. The molecule has 0 saturated heterocycles. The summed E-state index contributed by atoms with van der Waals surface area (Å²) in [6.45, 7) is 5.64. The summed E-state index contributed by atoms with van der Waals surface area (Å²) in [5.41, 5.74) is 3.75. The molecule has 0 spiro atoms. The molecule has 1 aliphatic carbocycles. The number of hydrogen-bond acceptors (Lipinski definition) is 6. The summed E-state index contributed by atoms with van der Waals surface area (Å²) in [5, 5.41) is 9.65. The summed E-state index contributed by atoms with van der Waals surface area (Å²) in [6, 6.07) is 2.11. The largest absolute Gasteiger partial charge is 0.382 e. The molecule has 0 saturated carbocycles. The zero-order valence-corrected chi connectivity index (χ0v) is 18.2. The van der Waals surface area contributed by atoms with E-state index in [9.17, 15) is 0 Å². The molecule has 2 unspecified atom stereocenters. The Hall–Kier alpha value is -1.96. The molecule has 29 heavy (non-hydrogen) atoms. The minimum atomic E-state index is -0.365. The molecule has 2 atom stereocenters. The Labute approximate surface area is 176 Å². The first kappa shape index (κ1) is 20.3. The lowest BCUT2D eigenvalue weighted by molar-refractivity contribution is 0.0463. The maximum Gasteiger partial charge on any atom is 0.163 e. The molecule has 2 aromatic rings. The topological polar surface area (TPSA) is 65.3 Å². The van der Waals surface area contributed by atoms with Gasteiger partial charge in [0.15, 0.2) is 11.3 Å². The van der Waals surface area contributed by atoms with Crippen molar-refractivity contribution in [1.82, 2.24) is 20.0 Å². The second kappa shape index (κ2) is 8.05. The van der Waals surface area contributed by atoms with Gasteiger partial charge in [0.25, 0.3) is 0 Å². The Morgan fingerprint density at radius 3 is 2.90 bits per heavy atom. The highest BCUT2D eigenvalue weighted by molar-refractivity contribution is 6.32. The summed E-state index contributed by atoms with van der Waals surface area (Å²) in [4.78, 5) is 6.88. The molecule has 8 heteroatoms. The highest BCUT2D eigenvalue weighted by atomic mass is 35.5. The van der Waals surface area contributed by atoms with Gasteiger partial charge < -0.3 is 14.4 Å². The monoisotopic (exact) mass is 417 g/mol. The average Bonchev–Trinajstić information content (AvgIpc) is 3.15. The number of rotatable bonds is 6. The second-order valence-corrected chi connectivity index (χ2v) is 8.35. The Morgan fingerprint density at radius 1 is 1.34 bits per heavy atom. The first-order valence-electron chi connectivity index (χ1n) is 10.1. The van der Waals surface area contributed by atoms with Crippen LogP contribution in [0.3, 0.4) is 0 Å². The predicted octanol–water partition coefficient (Wildman–Crippen LogP) is 4.21. The van der Waals surface area contributed by atoms with Crippen LogP contribution in [0.15, 0.2) is 34.6 Å². The number of ether oxygens (including phenoxy) is 2. The van der Waals surface area contributed by atoms with Crippen molar-refractivity contribution in [1.29, 1.82) is 0 Å². The van der Waals surface area contributed by atoms with Crippen molar-refractivity contribution in [3.8, 4) is 0 Å². The highest BCUT2D eigenvalue weighted by Crippen LogP contribution is 2.43. The van der Waals surface area contributed by atoms with E-state index in [0.29, 0.717) is 11.6 Å². The van der Waals surface area contributed by atoms with E-state index in [-0.39, 0.29) is 11.6 Å². The van der Waals surface area contributed by atoms with Crippen LogP contribution in [0.4, 0.5) is 5.82 Å². The molecule has 2 aromatic heterocycles. The molecule has 156 valence electrons. The molecule has 0 radical (unpaired) electrons. The Balaban J connectivity index is 1.78. The molecule has 0 fully saturated rings. The summed E-state index contributed by atoms with van der Waals surface area (Å²) < 4.78 is 13.0. The van der Waals surface area contributed by atoms with E-state index in [1.165, 1.54) is 5.57 Å². The van der Waals surface area contributed by atoms with Crippen LogP contribution in [0.25, 0.3) is 11.0 Å². The molecule has 0 aromatic carbocycles. The van der Waals surface area contributed by atoms with Gasteiger partial charge >= 0.3 is 0 Å². The summed E-state index contributed by atoms with van der Waals surface area (Å²) in [6.07, 6.45) is 7.63. The van der Waals surface area contributed by atoms with E-state index < -0.39 is 0 Å². The van der Waals surface area contributed by atoms with Gasteiger partial charge in [0.05, 0.1) is 34.5 Å². The number of halogens is 1. The van der Waals surface area contributed by atoms with Gasteiger partial charge in [0.2, 0.25) is 0 Å². The molecule has 0 N–H and O–H groups in total. The molecule has 7 nitrogen and oxygen atoms in total. The fraction of sp³-hybridized carbons (Fsp3) is 0.571. The first-order valence-corrected chi connectivity index (χ1v) is 10.5. The van der Waals surface area contributed by atoms with Crippen LogP contribution in [0, 0.1) is 0 Å². The van der Waals surface area contributed by atoms with E-state index >= 15 is 0 Å². The van der Waals surface area contributed by atoms with E-state index in [0.717, 1.165) is 54.8 Å². The SMILES string of the molecule is CCC(COC)n1nnc2c(N3CCCC4=C3C(Cl)=CC(C)(OC)C4)nccc21. The number of methoxy groups -OCH3 is 2. The quantitative estimate of drug-likeness (QED) is 0.701. The minimum absolute atomic E-state index is 0.136. The van der Waals surface area contributed by atoms with Crippen molar-refractivity contribution in [2.45, 2.75) is 51.2 Å². The van der Waals surface area contributed by atoms with Crippen LogP contribution in [-0.4, -0.2) is 53.0 Å². The van der Waals surface area contributed by atoms with Crippen LogP contribution in [0.2, 0.25) is 0 Å². The fourth-order valence-electron chi connectivity index (χ4n) is 4.37. The third-order valence-electron chi connectivity index (χ3n) is 5.96. The number of aromatic nitrogens is 4. The lowest BCUT2D eigenvalue weighted by Crippen LogP contribution is -2.37. The molecule has 3 heterocycles. The van der Waals surface area contributed by atoms with Crippen molar-refractivity contribution in [2.24, 2.45) is 0 Å². The molecule has 0 amide bonds. The van der Waals surface area contributed by atoms with Crippen molar-refractivity contribution < 1.29 is 9.47 Å². The summed E-state index contributed by atoms with van der Waals surface area (Å²) in [5.74, 6) is 0.806. The van der Waals surface area contributed by atoms with E-state index in [2.05, 4.69) is 34.0 Å². The Bertz CT molecular complexity index is 969. The van der Waals surface area contributed by atoms with Crippen molar-refractivity contribution in [2.75, 3.05) is 32.3 Å². The van der Waals surface area contributed by atoms with Gasteiger partial charge in [-0.2, -0.15) is 0 Å². The van der Waals surface area contributed by atoms with Crippen LogP contribution in [-0.2, 0) is 9.47 Å². The molecule has 2 aliphatic rings. The number of hydrogen-bond donors (Lipinski definition) is 0. The molecular formula is C21H28ClN5O2. The Kier molecular flexibility index (Phi) is 5.64. The smallest absolute Gasteiger partial charge is 0.163 e. The van der Waals surface area contributed by atoms with E-state index in [1.54, 1.807) is 14.2 Å². The van der Waals surface area contributed by atoms with Gasteiger partial charge in [-0.15, -0.1) is 5.10 Å². The van der Waals surface area contributed by atoms with Crippen molar-refractivity contribution >= 4 is 28.5 Å². The molecule has 1 aliphatic heterocycles. The van der Waals surface area contributed by atoms with Gasteiger partial charge in [-0.3, -0.25) is 0 Å². The fourth-order valence-corrected chi connectivity index (χ4v) is 4.84. The molecular weight excluding hydrogens is 390 g/mol. The van der Waals surface area contributed by atoms with Crippen molar-refractivity contribution in [3.63, 3.8) is 0 Å². The summed E-state index contributed by atoms with van der Waals surface area (Å²) >= 11 is 6.76. The zero-order valence-electron chi connectivity index (χ0n) is 17.5. The maximum absolute atomic E-state index is 6.76.